The molecule has 0 saturated carbocycles. The standard InChI is InChI=1S/C24H24FN7O2/c1-27-11-17(10-26)16-6-15-7-23(31-13-19(15)30-12-16)32(14-22-28-4-5-29-22)20-8-18(33-2)9-21(34-3)24(20)25/h4-13H,14,26H2,1-3H3,(H,28,29)/b17-10+,27-11?. The summed E-state index contributed by atoms with van der Waals surface area (Å²) in [6.07, 6.45) is 9.81. The Bertz CT molecular complexity index is 1350. The highest BCUT2D eigenvalue weighted by molar-refractivity contribution is 6.10. The van der Waals surface area contributed by atoms with Gasteiger partial charge in [0.15, 0.2) is 11.6 Å². The van der Waals surface area contributed by atoms with Gasteiger partial charge in [0.1, 0.15) is 17.4 Å². The number of nitrogens with two attached hydrogens (primary N) is 1. The first-order valence-electron chi connectivity index (χ1n) is 10.4. The number of anilines is 2. The van der Waals surface area contributed by atoms with Crippen LogP contribution in [0.3, 0.4) is 0 Å². The second-order valence-electron chi connectivity index (χ2n) is 7.25. The van der Waals surface area contributed by atoms with Crippen LogP contribution in [0.25, 0.3) is 16.5 Å². The Labute approximate surface area is 195 Å². The first-order chi connectivity index (χ1) is 16.6. The van der Waals surface area contributed by atoms with Gasteiger partial charge in [0, 0.05) is 66.7 Å². The van der Waals surface area contributed by atoms with Gasteiger partial charge in [-0.2, -0.15) is 0 Å². The zero-order valence-corrected chi connectivity index (χ0v) is 19.0. The molecule has 0 amide bonds. The first kappa shape index (κ1) is 22.7. The lowest BCUT2D eigenvalue weighted by atomic mass is 10.1. The van der Waals surface area contributed by atoms with E-state index in [9.17, 15) is 0 Å². The first-order valence-corrected chi connectivity index (χ1v) is 10.4. The second-order valence-corrected chi connectivity index (χ2v) is 7.25. The van der Waals surface area contributed by atoms with Gasteiger partial charge >= 0.3 is 0 Å². The van der Waals surface area contributed by atoms with Gasteiger partial charge in [0.25, 0.3) is 0 Å². The highest BCUT2D eigenvalue weighted by atomic mass is 19.1. The Morgan fingerprint density at radius 1 is 1.15 bits per heavy atom. The van der Waals surface area contributed by atoms with Crippen LogP contribution in [-0.2, 0) is 6.54 Å². The molecule has 4 rings (SSSR count). The number of aromatic amines is 1. The van der Waals surface area contributed by atoms with Crippen LogP contribution in [0.4, 0.5) is 15.9 Å². The van der Waals surface area contributed by atoms with E-state index in [2.05, 4.69) is 24.9 Å². The fourth-order valence-corrected chi connectivity index (χ4v) is 3.52. The largest absolute Gasteiger partial charge is 0.497 e. The van der Waals surface area contributed by atoms with Crippen LogP contribution in [-0.4, -0.2) is 47.4 Å². The molecule has 174 valence electrons. The Balaban J connectivity index is 1.87. The average molecular weight is 462 g/mol. The fourth-order valence-electron chi connectivity index (χ4n) is 3.52. The summed E-state index contributed by atoms with van der Waals surface area (Å²) >= 11 is 0. The van der Waals surface area contributed by atoms with Crippen LogP contribution >= 0.6 is 0 Å². The molecule has 0 aliphatic heterocycles. The lowest BCUT2D eigenvalue weighted by Gasteiger charge is -2.25. The topological polar surface area (TPSA) is 115 Å². The van der Waals surface area contributed by atoms with Gasteiger partial charge in [-0.05, 0) is 12.1 Å². The van der Waals surface area contributed by atoms with E-state index in [-0.39, 0.29) is 18.0 Å². The van der Waals surface area contributed by atoms with Crippen LogP contribution in [0, 0.1) is 5.82 Å². The molecule has 0 bridgehead atoms. The summed E-state index contributed by atoms with van der Waals surface area (Å²) in [6.45, 7) is 0.225. The van der Waals surface area contributed by atoms with Crippen molar-refractivity contribution in [2.24, 2.45) is 10.7 Å². The minimum Gasteiger partial charge on any atom is -0.497 e. The number of aromatic nitrogens is 4. The van der Waals surface area contributed by atoms with E-state index in [0.29, 0.717) is 22.9 Å². The molecule has 4 aromatic rings. The SMILES string of the molecule is CN=C/C(=C\N)c1cnc2cnc(N(Cc3ncc[nH]3)c3cc(OC)cc(OC)c3F)cc2c1. The number of benzene rings is 1. The third kappa shape index (κ3) is 4.51. The molecular weight excluding hydrogens is 437 g/mol. The third-order valence-electron chi connectivity index (χ3n) is 5.21. The van der Waals surface area contributed by atoms with Gasteiger partial charge < -0.3 is 25.1 Å². The Morgan fingerprint density at radius 2 is 2.00 bits per heavy atom. The molecule has 0 aliphatic rings. The molecule has 0 spiro atoms. The molecule has 0 fully saturated rings. The van der Waals surface area contributed by atoms with Crippen molar-refractivity contribution in [2.45, 2.75) is 6.54 Å². The number of ether oxygens (including phenoxy) is 2. The average Bonchev–Trinajstić information content (AvgIpc) is 3.39. The number of nitrogens with one attached hydrogen (secondary N) is 1. The smallest absolute Gasteiger partial charge is 0.188 e. The van der Waals surface area contributed by atoms with Crippen molar-refractivity contribution in [3.8, 4) is 11.5 Å². The number of imidazole rings is 1. The number of fused-ring (bicyclic) bond motifs is 1. The van der Waals surface area contributed by atoms with Crippen molar-refractivity contribution in [3.63, 3.8) is 0 Å². The van der Waals surface area contributed by atoms with Crippen LogP contribution in [0.5, 0.6) is 11.5 Å². The van der Waals surface area contributed by atoms with E-state index in [4.69, 9.17) is 15.2 Å². The Hall–Kier alpha value is -4.47. The van der Waals surface area contributed by atoms with Gasteiger partial charge in [0.2, 0.25) is 0 Å². The van der Waals surface area contributed by atoms with E-state index in [1.807, 2.05) is 12.1 Å². The minimum atomic E-state index is -0.545. The van der Waals surface area contributed by atoms with E-state index >= 15 is 4.39 Å². The molecule has 3 N–H and O–H groups in total. The fraction of sp³-hybridized carbons (Fsp3) is 0.167. The van der Waals surface area contributed by atoms with Crippen molar-refractivity contribution in [3.05, 3.63) is 72.5 Å². The van der Waals surface area contributed by atoms with Crippen molar-refractivity contribution >= 4 is 34.2 Å². The van der Waals surface area contributed by atoms with Crippen molar-refractivity contribution in [2.75, 3.05) is 26.2 Å². The van der Waals surface area contributed by atoms with E-state index in [0.717, 1.165) is 16.5 Å². The van der Waals surface area contributed by atoms with Gasteiger partial charge in [-0.25, -0.2) is 14.4 Å². The van der Waals surface area contributed by atoms with Crippen LogP contribution in [0.1, 0.15) is 11.4 Å². The maximum absolute atomic E-state index is 15.4. The zero-order chi connectivity index (χ0) is 24.1. The molecular formula is C24H24FN7O2. The summed E-state index contributed by atoms with van der Waals surface area (Å²) in [4.78, 5) is 22.1. The lowest BCUT2D eigenvalue weighted by Crippen LogP contribution is -2.20. The summed E-state index contributed by atoms with van der Waals surface area (Å²) in [6, 6.07) is 6.84. The summed E-state index contributed by atoms with van der Waals surface area (Å²) in [5.74, 6) is 1.07. The van der Waals surface area contributed by atoms with E-state index in [1.165, 1.54) is 26.5 Å². The van der Waals surface area contributed by atoms with Crippen LogP contribution in [0.15, 0.2) is 60.2 Å². The third-order valence-corrected chi connectivity index (χ3v) is 5.21. The number of hydrogen-bond acceptors (Lipinski definition) is 8. The highest BCUT2D eigenvalue weighted by Crippen LogP contribution is 2.37. The maximum atomic E-state index is 15.4. The minimum absolute atomic E-state index is 0.0557. The van der Waals surface area contributed by atoms with Gasteiger partial charge in [0.05, 0.1) is 38.2 Å². The van der Waals surface area contributed by atoms with Crippen molar-refractivity contribution in [1.29, 1.82) is 0 Å². The summed E-state index contributed by atoms with van der Waals surface area (Å²) < 4.78 is 26.0. The van der Waals surface area contributed by atoms with E-state index < -0.39 is 5.82 Å². The summed E-state index contributed by atoms with van der Waals surface area (Å²) in [5.41, 5.74) is 8.19. The maximum Gasteiger partial charge on any atom is 0.188 e. The number of rotatable bonds is 8. The van der Waals surface area contributed by atoms with Crippen molar-refractivity contribution in [1.82, 2.24) is 19.9 Å². The molecule has 0 saturated heterocycles. The Morgan fingerprint density at radius 3 is 2.68 bits per heavy atom. The summed E-state index contributed by atoms with van der Waals surface area (Å²) in [5, 5.41) is 0.797. The number of H-pyrrole nitrogens is 1. The van der Waals surface area contributed by atoms with Gasteiger partial charge in [-0.3, -0.25) is 9.98 Å². The Kier molecular flexibility index (Phi) is 6.67. The number of aliphatic imine (C=N–C) groups is 1. The van der Waals surface area contributed by atoms with Crippen molar-refractivity contribution < 1.29 is 13.9 Å². The quantitative estimate of drug-likeness (QED) is 0.383. The normalized spacial score (nSPS) is 11.8. The molecule has 0 atom stereocenters. The molecule has 3 heterocycles. The molecule has 10 heteroatoms. The molecule has 0 aliphatic carbocycles. The molecule has 9 nitrogen and oxygen atoms in total. The summed E-state index contributed by atoms with van der Waals surface area (Å²) in [7, 11) is 4.59. The number of allylic oxidation sites excluding steroid dienone is 1. The predicted molar refractivity (Wildman–Crippen MR) is 130 cm³/mol. The number of methoxy groups -OCH3 is 2. The highest BCUT2D eigenvalue weighted by Gasteiger charge is 2.22. The zero-order valence-electron chi connectivity index (χ0n) is 19.0. The van der Waals surface area contributed by atoms with Gasteiger partial charge in [-0.15, -0.1) is 0 Å². The van der Waals surface area contributed by atoms with Crippen LogP contribution in [0.2, 0.25) is 0 Å². The molecule has 0 unspecified atom stereocenters. The second kappa shape index (κ2) is 9.99. The molecule has 34 heavy (non-hydrogen) atoms. The lowest BCUT2D eigenvalue weighted by molar-refractivity contribution is 0.374. The van der Waals surface area contributed by atoms with Gasteiger partial charge in [-0.1, -0.05) is 0 Å². The number of pyridine rings is 2. The van der Waals surface area contributed by atoms with Crippen LogP contribution < -0.4 is 20.1 Å². The molecule has 0 radical (unpaired) electrons. The number of nitrogens with zero attached hydrogens (tertiary/aromatic N) is 5. The van der Waals surface area contributed by atoms with E-state index in [1.54, 1.807) is 49.0 Å². The molecule has 1 aromatic carbocycles. The molecule has 3 aromatic heterocycles. The number of halogens is 1. The predicted octanol–water partition coefficient (Wildman–Crippen LogP) is 3.85. The monoisotopic (exact) mass is 461 g/mol. The number of hydrogen-bond donors (Lipinski definition) is 2.